The van der Waals surface area contributed by atoms with E-state index in [1.807, 2.05) is 38.1 Å². The van der Waals surface area contributed by atoms with Crippen LogP contribution in [0, 0.1) is 13.8 Å². The van der Waals surface area contributed by atoms with Crippen molar-refractivity contribution in [3.05, 3.63) is 75.7 Å². The number of nitrogens with one attached hydrogen (secondary N) is 1. The minimum atomic E-state index is -0.238. The van der Waals surface area contributed by atoms with Gasteiger partial charge in [-0.3, -0.25) is 4.79 Å². The Balaban J connectivity index is 1.72. The third-order valence-electron chi connectivity index (χ3n) is 4.88. The Kier molecular flexibility index (Phi) is 5.18. The molecule has 2 aromatic carbocycles. The van der Waals surface area contributed by atoms with Gasteiger partial charge in [-0.05, 0) is 43.7 Å². The predicted octanol–water partition coefficient (Wildman–Crippen LogP) is 3.60. The largest absolute Gasteiger partial charge is 0.493 e. The lowest BCUT2D eigenvalue weighted by atomic mass is 10.1. The molecule has 7 heteroatoms. The van der Waals surface area contributed by atoms with E-state index in [1.165, 1.54) is 6.07 Å². The Bertz CT molecular complexity index is 1300. The molecule has 0 bridgehead atoms. The lowest BCUT2D eigenvalue weighted by Crippen LogP contribution is -2.13. The molecule has 0 saturated carbocycles. The van der Waals surface area contributed by atoms with Gasteiger partial charge in [0.15, 0.2) is 11.5 Å². The minimum absolute atomic E-state index is 0.238. The Morgan fingerprint density at radius 3 is 2.47 bits per heavy atom. The number of hydrogen-bond donors (Lipinski definition) is 1. The van der Waals surface area contributed by atoms with Crippen LogP contribution in [0.5, 0.6) is 11.5 Å². The second-order valence-electron chi connectivity index (χ2n) is 7.07. The summed E-state index contributed by atoms with van der Waals surface area (Å²) in [5.74, 6) is 2.29. The molecule has 2 heterocycles. The van der Waals surface area contributed by atoms with Gasteiger partial charge >= 0.3 is 0 Å². The van der Waals surface area contributed by atoms with Crippen molar-refractivity contribution in [1.29, 1.82) is 0 Å². The molecule has 0 aliphatic carbocycles. The first-order chi connectivity index (χ1) is 14.5. The van der Waals surface area contributed by atoms with Gasteiger partial charge in [0.05, 0.1) is 31.9 Å². The maximum absolute atomic E-state index is 12.3. The fourth-order valence-corrected chi connectivity index (χ4v) is 3.42. The molecule has 4 rings (SSSR count). The molecule has 4 aromatic rings. The molecule has 2 aromatic heterocycles. The zero-order chi connectivity index (χ0) is 21.3. The lowest BCUT2D eigenvalue weighted by molar-refractivity contribution is 0.355. The van der Waals surface area contributed by atoms with E-state index in [0.717, 1.165) is 27.7 Å². The predicted molar refractivity (Wildman–Crippen MR) is 115 cm³/mol. The molecule has 0 atom stereocenters. The minimum Gasteiger partial charge on any atom is -0.493 e. The van der Waals surface area contributed by atoms with Gasteiger partial charge in [0.2, 0.25) is 0 Å². The Hall–Kier alpha value is -3.74. The van der Waals surface area contributed by atoms with Crippen molar-refractivity contribution in [3.63, 3.8) is 0 Å². The molecule has 152 valence electrons. The second kappa shape index (κ2) is 7.94. The van der Waals surface area contributed by atoms with Crippen LogP contribution in [0.3, 0.4) is 0 Å². The van der Waals surface area contributed by atoms with Crippen molar-refractivity contribution in [2.75, 3.05) is 14.2 Å². The first-order valence-electron chi connectivity index (χ1n) is 9.53. The van der Waals surface area contributed by atoms with Crippen molar-refractivity contribution in [2.45, 2.75) is 20.3 Å². The molecule has 0 unspecified atom stereocenters. The molecule has 0 fully saturated rings. The van der Waals surface area contributed by atoms with Crippen molar-refractivity contribution < 1.29 is 9.47 Å². The number of benzene rings is 2. The number of aromatic amines is 1. The molecular formula is C23H22N4O3. The number of nitrogens with zero attached hydrogens (tertiary/aromatic N) is 3. The molecule has 1 N–H and O–H groups in total. The summed E-state index contributed by atoms with van der Waals surface area (Å²) in [6.07, 6.45) is 0.321. The number of fused-ring (bicyclic) bond motifs is 1. The van der Waals surface area contributed by atoms with Gasteiger partial charge in [-0.15, -0.1) is 0 Å². The third-order valence-corrected chi connectivity index (χ3v) is 4.88. The Morgan fingerprint density at radius 1 is 0.900 bits per heavy atom. The van der Waals surface area contributed by atoms with Crippen LogP contribution in [-0.2, 0) is 6.42 Å². The van der Waals surface area contributed by atoms with Crippen LogP contribution in [0.4, 0.5) is 0 Å². The highest BCUT2D eigenvalue weighted by molar-refractivity contribution is 5.81. The van der Waals surface area contributed by atoms with Crippen LogP contribution < -0.4 is 15.0 Å². The average molecular weight is 402 g/mol. The molecule has 7 nitrogen and oxygen atoms in total. The number of hydrogen-bond acceptors (Lipinski definition) is 6. The third kappa shape index (κ3) is 3.87. The molecule has 0 saturated heterocycles. The highest BCUT2D eigenvalue weighted by Gasteiger charge is 2.11. The maximum atomic E-state index is 12.3. The summed E-state index contributed by atoms with van der Waals surface area (Å²) in [7, 11) is 3.15. The van der Waals surface area contributed by atoms with Crippen LogP contribution in [0.1, 0.15) is 22.9 Å². The van der Waals surface area contributed by atoms with E-state index in [2.05, 4.69) is 19.9 Å². The summed E-state index contributed by atoms with van der Waals surface area (Å²) in [4.78, 5) is 29.0. The number of ether oxygens (including phenoxy) is 2. The highest BCUT2D eigenvalue weighted by atomic mass is 16.5. The summed E-state index contributed by atoms with van der Waals surface area (Å²) in [6, 6.07) is 13.0. The topological polar surface area (TPSA) is 90.0 Å². The second-order valence-corrected chi connectivity index (χ2v) is 7.07. The van der Waals surface area contributed by atoms with Crippen molar-refractivity contribution in [2.24, 2.45) is 0 Å². The van der Waals surface area contributed by atoms with Crippen LogP contribution >= 0.6 is 0 Å². The lowest BCUT2D eigenvalue weighted by Gasteiger charge is -2.10. The quantitative estimate of drug-likeness (QED) is 0.549. The first kappa shape index (κ1) is 19.6. The van der Waals surface area contributed by atoms with Crippen LogP contribution in [0.15, 0.2) is 47.3 Å². The number of rotatable bonds is 5. The molecule has 0 radical (unpaired) electrons. The van der Waals surface area contributed by atoms with Crippen molar-refractivity contribution in [3.8, 4) is 22.8 Å². The van der Waals surface area contributed by atoms with Gasteiger partial charge in [-0.25, -0.2) is 15.0 Å². The average Bonchev–Trinajstić information content (AvgIpc) is 2.72. The molecule has 0 aliphatic rings. The summed E-state index contributed by atoms with van der Waals surface area (Å²) >= 11 is 0. The monoisotopic (exact) mass is 402 g/mol. The van der Waals surface area contributed by atoms with Gasteiger partial charge in [0.1, 0.15) is 11.6 Å². The zero-order valence-corrected chi connectivity index (χ0v) is 17.3. The SMILES string of the molecule is COc1ccc(-c2cc(=O)[nH]c(Cc3nc(C)c4ccc(C)cc4n3)n2)cc1OC. The standard InChI is InChI=1S/C23H22N4O3/c1-13-5-7-16-14(2)24-21(26-18(16)9-13)12-22-25-17(11-23(28)27-22)15-6-8-19(29-3)20(10-15)30-4/h5-11H,12H2,1-4H3,(H,25,27,28). The first-order valence-corrected chi connectivity index (χ1v) is 9.53. The number of methoxy groups -OCH3 is 2. The summed E-state index contributed by atoms with van der Waals surface area (Å²) in [6.45, 7) is 3.99. The molecule has 0 spiro atoms. The fraction of sp³-hybridized carbons (Fsp3) is 0.217. The Morgan fingerprint density at radius 2 is 1.70 bits per heavy atom. The van der Waals surface area contributed by atoms with Crippen LogP contribution in [0.25, 0.3) is 22.2 Å². The number of aryl methyl sites for hydroxylation is 2. The van der Waals surface area contributed by atoms with E-state index < -0.39 is 0 Å². The van der Waals surface area contributed by atoms with E-state index in [9.17, 15) is 4.79 Å². The summed E-state index contributed by atoms with van der Waals surface area (Å²) in [5.41, 5.74) is 3.98. The number of aromatic nitrogens is 4. The molecule has 0 amide bonds. The van der Waals surface area contributed by atoms with Gasteiger partial charge in [0, 0.05) is 22.7 Å². The van der Waals surface area contributed by atoms with Gasteiger partial charge in [0.25, 0.3) is 5.56 Å². The van der Waals surface area contributed by atoms with E-state index in [0.29, 0.717) is 35.3 Å². The van der Waals surface area contributed by atoms with Gasteiger partial charge < -0.3 is 14.5 Å². The highest BCUT2D eigenvalue weighted by Crippen LogP contribution is 2.31. The molecule has 0 aliphatic heterocycles. The van der Waals surface area contributed by atoms with Crippen molar-refractivity contribution in [1.82, 2.24) is 19.9 Å². The fourth-order valence-electron chi connectivity index (χ4n) is 3.42. The Labute approximate surface area is 173 Å². The van der Waals surface area contributed by atoms with E-state index in [-0.39, 0.29) is 5.56 Å². The van der Waals surface area contributed by atoms with E-state index in [4.69, 9.17) is 9.47 Å². The zero-order valence-electron chi connectivity index (χ0n) is 17.3. The summed E-state index contributed by atoms with van der Waals surface area (Å²) < 4.78 is 10.6. The van der Waals surface area contributed by atoms with E-state index >= 15 is 0 Å². The summed E-state index contributed by atoms with van der Waals surface area (Å²) in [5, 5.41) is 1.02. The number of H-pyrrole nitrogens is 1. The van der Waals surface area contributed by atoms with Gasteiger partial charge in [-0.1, -0.05) is 12.1 Å². The van der Waals surface area contributed by atoms with Gasteiger partial charge in [-0.2, -0.15) is 0 Å². The maximum Gasteiger partial charge on any atom is 0.251 e. The molecule has 30 heavy (non-hydrogen) atoms. The normalized spacial score (nSPS) is 10.9. The smallest absolute Gasteiger partial charge is 0.251 e. The van der Waals surface area contributed by atoms with E-state index in [1.54, 1.807) is 26.4 Å². The van der Waals surface area contributed by atoms with Crippen LogP contribution in [0.2, 0.25) is 0 Å². The van der Waals surface area contributed by atoms with Crippen LogP contribution in [-0.4, -0.2) is 34.2 Å². The molecular weight excluding hydrogens is 380 g/mol. The van der Waals surface area contributed by atoms with Crippen molar-refractivity contribution >= 4 is 10.9 Å².